The van der Waals surface area contributed by atoms with E-state index in [2.05, 4.69) is 0 Å². The number of ether oxygens (including phenoxy) is 2. The van der Waals surface area contributed by atoms with Gasteiger partial charge in [0.1, 0.15) is 11.5 Å². The molecule has 0 fully saturated rings. The van der Waals surface area contributed by atoms with Crippen molar-refractivity contribution in [3.63, 3.8) is 0 Å². The number of aromatic carboxylic acids is 4. The predicted molar refractivity (Wildman–Crippen MR) is 129 cm³/mol. The molecule has 0 radical (unpaired) electrons. The quantitative estimate of drug-likeness (QED) is 0.197. The lowest BCUT2D eigenvalue weighted by Gasteiger charge is -2.22. The summed E-state index contributed by atoms with van der Waals surface area (Å²) in [6.07, 6.45) is 0. The number of carbonyl (C=O) groups is 4. The van der Waals surface area contributed by atoms with Crippen molar-refractivity contribution in [1.82, 2.24) is 0 Å². The van der Waals surface area contributed by atoms with E-state index in [1.807, 2.05) is 0 Å². The number of methoxy groups -OCH3 is 2. The summed E-state index contributed by atoms with van der Waals surface area (Å²) in [6, 6.07) is 7.89. The topological polar surface area (TPSA) is 168 Å². The minimum Gasteiger partial charge on any atom is -0.496 e. The van der Waals surface area contributed by atoms with Gasteiger partial charge in [0.15, 0.2) is 0 Å². The fourth-order valence-corrected chi connectivity index (χ4v) is 5.04. The first-order valence-electron chi connectivity index (χ1n) is 10.4. The van der Waals surface area contributed by atoms with Gasteiger partial charge < -0.3 is 29.9 Å². The van der Waals surface area contributed by atoms with E-state index in [0.29, 0.717) is 10.8 Å². The van der Waals surface area contributed by atoms with Crippen LogP contribution in [0.5, 0.6) is 11.5 Å². The zero-order valence-corrected chi connectivity index (χ0v) is 18.7. The third kappa shape index (κ3) is 2.84. The summed E-state index contributed by atoms with van der Waals surface area (Å²) in [5.41, 5.74) is -1.10. The summed E-state index contributed by atoms with van der Waals surface area (Å²) in [5, 5.41) is 41.3. The molecule has 0 aliphatic rings. The smallest absolute Gasteiger partial charge is 0.336 e. The van der Waals surface area contributed by atoms with Crippen molar-refractivity contribution >= 4 is 67.0 Å². The predicted octanol–water partition coefficient (Wildman–Crippen LogP) is 4.55. The van der Waals surface area contributed by atoms with Crippen molar-refractivity contribution in [2.24, 2.45) is 0 Å². The average molecular weight is 488 g/mol. The van der Waals surface area contributed by atoms with Gasteiger partial charge >= 0.3 is 23.9 Å². The van der Waals surface area contributed by atoms with Gasteiger partial charge in [-0.15, -0.1) is 0 Å². The first kappa shape index (κ1) is 22.7. The molecule has 36 heavy (non-hydrogen) atoms. The van der Waals surface area contributed by atoms with Crippen molar-refractivity contribution in [2.45, 2.75) is 0 Å². The van der Waals surface area contributed by atoms with Gasteiger partial charge in [-0.3, -0.25) is 0 Å². The fraction of sp³-hybridized carbons (Fsp3) is 0.0769. The Hall–Kier alpha value is -5.12. The molecule has 0 saturated heterocycles. The van der Waals surface area contributed by atoms with Crippen LogP contribution in [0.1, 0.15) is 41.4 Å². The van der Waals surface area contributed by atoms with E-state index in [1.165, 1.54) is 50.6 Å². The van der Waals surface area contributed by atoms with Crippen LogP contribution in [0.2, 0.25) is 0 Å². The lowest BCUT2D eigenvalue weighted by atomic mass is 9.83. The van der Waals surface area contributed by atoms with Crippen molar-refractivity contribution in [3.8, 4) is 11.5 Å². The van der Waals surface area contributed by atoms with Gasteiger partial charge in [-0.1, -0.05) is 12.1 Å². The summed E-state index contributed by atoms with van der Waals surface area (Å²) in [7, 11) is 2.62. The monoisotopic (exact) mass is 488 g/mol. The van der Waals surface area contributed by atoms with Crippen molar-refractivity contribution < 1.29 is 49.1 Å². The Morgan fingerprint density at radius 1 is 0.500 bits per heavy atom. The zero-order chi connectivity index (χ0) is 26.0. The Morgan fingerprint density at radius 3 is 1.11 bits per heavy atom. The summed E-state index contributed by atoms with van der Waals surface area (Å²) >= 11 is 0. The van der Waals surface area contributed by atoms with Crippen LogP contribution in [0, 0.1) is 0 Å². The number of carboxylic acids is 4. The van der Waals surface area contributed by atoms with E-state index in [1.54, 1.807) is 0 Å². The van der Waals surface area contributed by atoms with Crippen LogP contribution in [0.15, 0.2) is 36.4 Å². The molecule has 0 bridgehead atoms. The van der Waals surface area contributed by atoms with Crippen LogP contribution in [0.4, 0.5) is 0 Å². The lowest BCUT2D eigenvalue weighted by Crippen LogP contribution is -2.08. The average Bonchev–Trinajstić information content (AvgIpc) is 2.84. The van der Waals surface area contributed by atoms with Gasteiger partial charge in [-0.25, -0.2) is 19.2 Å². The molecule has 10 nitrogen and oxygen atoms in total. The van der Waals surface area contributed by atoms with Gasteiger partial charge in [0, 0.05) is 32.3 Å². The molecule has 5 aromatic carbocycles. The van der Waals surface area contributed by atoms with E-state index in [4.69, 9.17) is 9.47 Å². The number of carboxylic acid groups (broad SMARTS) is 4. The maximum absolute atomic E-state index is 12.2. The minimum absolute atomic E-state index is 0.0474. The highest BCUT2D eigenvalue weighted by Crippen LogP contribution is 2.50. The summed E-state index contributed by atoms with van der Waals surface area (Å²) < 4.78 is 11.1. The SMILES string of the molecule is COc1cc(C(=O)O)c2c(C(=O)O)ccc3c4ccc(C(=O)O)c5c(C(=O)O)cc(OC)c(c1c23)c54. The van der Waals surface area contributed by atoms with Crippen LogP contribution in [-0.2, 0) is 0 Å². The molecule has 0 atom stereocenters. The first-order chi connectivity index (χ1) is 17.1. The molecular formula is C26H16O10. The number of hydrogen-bond acceptors (Lipinski definition) is 6. The normalized spacial score (nSPS) is 11.4. The van der Waals surface area contributed by atoms with Crippen LogP contribution >= 0.6 is 0 Å². The molecule has 0 spiro atoms. The van der Waals surface area contributed by atoms with Gasteiger partial charge in [-0.2, -0.15) is 0 Å². The summed E-state index contributed by atoms with van der Waals surface area (Å²) in [6.45, 7) is 0. The molecule has 0 aliphatic heterocycles. The third-order valence-electron chi connectivity index (χ3n) is 6.39. The van der Waals surface area contributed by atoms with E-state index in [0.717, 1.165) is 0 Å². The summed E-state index contributed by atoms with van der Waals surface area (Å²) in [5.74, 6) is -5.29. The maximum Gasteiger partial charge on any atom is 0.336 e. The summed E-state index contributed by atoms with van der Waals surface area (Å²) in [4.78, 5) is 48.5. The molecule has 0 amide bonds. The van der Waals surface area contributed by atoms with Gasteiger partial charge in [0.25, 0.3) is 0 Å². The first-order valence-corrected chi connectivity index (χ1v) is 10.4. The second-order valence-corrected chi connectivity index (χ2v) is 8.04. The number of benzene rings is 5. The van der Waals surface area contributed by atoms with E-state index < -0.39 is 23.9 Å². The molecule has 4 N–H and O–H groups in total. The minimum atomic E-state index is -1.37. The van der Waals surface area contributed by atoms with Crippen molar-refractivity contribution in [3.05, 3.63) is 58.7 Å². The van der Waals surface area contributed by atoms with Gasteiger partial charge in [-0.05, 0) is 35.0 Å². The highest BCUT2D eigenvalue weighted by molar-refractivity contribution is 6.40. The highest BCUT2D eigenvalue weighted by Gasteiger charge is 2.29. The highest BCUT2D eigenvalue weighted by atomic mass is 16.5. The Bertz CT molecular complexity index is 1680. The number of rotatable bonds is 6. The Labute approximate surface area is 200 Å². The van der Waals surface area contributed by atoms with Crippen molar-refractivity contribution in [2.75, 3.05) is 14.2 Å². The maximum atomic E-state index is 12.2. The third-order valence-corrected chi connectivity index (χ3v) is 6.39. The van der Waals surface area contributed by atoms with Gasteiger partial charge in [0.2, 0.25) is 0 Å². The molecule has 5 rings (SSSR count). The molecule has 0 saturated carbocycles. The largest absolute Gasteiger partial charge is 0.496 e. The lowest BCUT2D eigenvalue weighted by molar-refractivity contribution is 0.0681. The standard InChI is InChI=1S/C26H16O10/c1-35-15-7-13(25(31)32)17-11(23(27)28)5-3-9-10-4-6-12(24(29)30)18-14(26(33)34)8-16(36-2)22(20(10)18)21(15)19(9)17/h3-8H,1-2H3,(H,27,28)(H,29,30)(H,31,32)(H,33,34). The molecule has 5 aromatic rings. The van der Waals surface area contributed by atoms with Crippen molar-refractivity contribution in [1.29, 1.82) is 0 Å². The van der Waals surface area contributed by atoms with Gasteiger partial charge in [0.05, 0.1) is 36.5 Å². The molecule has 0 heterocycles. The second-order valence-electron chi connectivity index (χ2n) is 8.04. The van der Waals surface area contributed by atoms with Crippen LogP contribution < -0.4 is 9.47 Å². The van der Waals surface area contributed by atoms with E-state index in [-0.39, 0.29) is 66.1 Å². The van der Waals surface area contributed by atoms with E-state index in [9.17, 15) is 39.6 Å². The van der Waals surface area contributed by atoms with E-state index >= 15 is 0 Å². The fourth-order valence-electron chi connectivity index (χ4n) is 5.04. The Morgan fingerprint density at radius 2 is 0.833 bits per heavy atom. The molecule has 180 valence electrons. The van der Waals surface area contributed by atoms with Crippen LogP contribution in [-0.4, -0.2) is 58.5 Å². The zero-order valence-electron chi connectivity index (χ0n) is 18.7. The van der Waals surface area contributed by atoms with Crippen LogP contribution in [0.25, 0.3) is 43.1 Å². The second kappa shape index (κ2) is 7.70. The molecule has 0 aromatic heterocycles. The molecule has 0 unspecified atom stereocenters. The number of fused-ring (bicyclic) bond motifs is 2. The molecule has 0 aliphatic carbocycles. The molecular weight excluding hydrogens is 472 g/mol. The molecule has 10 heteroatoms. The Balaban J connectivity index is 2.28. The number of hydrogen-bond donors (Lipinski definition) is 4. The Kier molecular flexibility index (Phi) is 4.85. The van der Waals surface area contributed by atoms with Crippen LogP contribution in [0.3, 0.4) is 0 Å².